The van der Waals surface area contributed by atoms with Crippen LogP contribution in [0.3, 0.4) is 0 Å². The molecule has 0 aromatic heterocycles. The molecule has 0 atom stereocenters. The van der Waals surface area contributed by atoms with Gasteiger partial charge in [0.25, 0.3) is 0 Å². The van der Waals surface area contributed by atoms with E-state index in [1.807, 2.05) is 62.4 Å². The summed E-state index contributed by atoms with van der Waals surface area (Å²) < 4.78 is 5.59. The van der Waals surface area contributed by atoms with Crippen LogP contribution in [-0.4, -0.2) is 0 Å². The number of rotatable bonds is 5. The van der Waals surface area contributed by atoms with Gasteiger partial charge in [0.15, 0.2) is 0 Å². The summed E-state index contributed by atoms with van der Waals surface area (Å²) in [5, 5.41) is 0. The Morgan fingerprint density at radius 3 is 2.56 bits per heavy atom. The van der Waals surface area contributed by atoms with Crippen molar-refractivity contribution in [3.63, 3.8) is 0 Å². The summed E-state index contributed by atoms with van der Waals surface area (Å²) in [5.74, 6) is 0.921. The van der Waals surface area contributed by atoms with Crippen LogP contribution in [0.1, 0.15) is 19.4 Å². The molecule has 1 heteroatoms. The summed E-state index contributed by atoms with van der Waals surface area (Å²) in [6, 6.07) is 10.2. The third-order valence-electron chi connectivity index (χ3n) is 2.05. The lowest BCUT2D eigenvalue weighted by Gasteiger charge is -2.05. The maximum atomic E-state index is 5.59. The van der Waals surface area contributed by atoms with Crippen LogP contribution in [-0.2, 0) is 11.3 Å². The fourth-order valence-corrected chi connectivity index (χ4v) is 1.19. The van der Waals surface area contributed by atoms with E-state index in [2.05, 4.69) is 12.1 Å². The Balaban J connectivity index is 2.38. The van der Waals surface area contributed by atoms with Crippen LogP contribution in [0.15, 0.2) is 66.5 Å². The Morgan fingerprint density at radius 2 is 1.88 bits per heavy atom. The highest BCUT2D eigenvalue weighted by atomic mass is 16.5. The highest BCUT2D eigenvalue weighted by Gasteiger charge is 1.91. The zero-order valence-corrected chi connectivity index (χ0v) is 9.89. The van der Waals surface area contributed by atoms with Crippen molar-refractivity contribution in [1.29, 1.82) is 0 Å². The van der Waals surface area contributed by atoms with Crippen LogP contribution in [0.25, 0.3) is 0 Å². The van der Waals surface area contributed by atoms with E-state index in [-0.39, 0.29) is 0 Å². The van der Waals surface area contributed by atoms with E-state index in [1.54, 1.807) is 0 Å². The largest absolute Gasteiger partial charge is 0.494 e. The molecular formula is C15H18O. The Labute approximate surface area is 97.8 Å². The molecule has 0 aliphatic heterocycles. The molecule has 0 saturated heterocycles. The van der Waals surface area contributed by atoms with Gasteiger partial charge in [-0.05, 0) is 25.5 Å². The van der Waals surface area contributed by atoms with Gasteiger partial charge >= 0.3 is 0 Å². The normalized spacial score (nSPS) is 12.5. The minimum Gasteiger partial charge on any atom is -0.494 e. The lowest BCUT2D eigenvalue weighted by Crippen LogP contribution is -1.89. The molecule has 84 valence electrons. The van der Waals surface area contributed by atoms with Crippen molar-refractivity contribution in [1.82, 2.24) is 0 Å². The molecule has 16 heavy (non-hydrogen) atoms. The molecule has 0 aliphatic rings. The first-order valence-electron chi connectivity index (χ1n) is 5.46. The van der Waals surface area contributed by atoms with Gasteiger partial charge in [0, 0.05) is 0 Å². The molecule has 0 unspecified atom stereocenters. The number of allylic oxidation sites excluding steroid dienone is 6. The second-order valence-electron chi connectivity index (χ2n) is 3.46. The SMILES string of the molecule is C\C=C/C=C\C=C(/C)OCc1ccccc1. The highest BCUT2D eigenvalue weighted by molar-refractivity contribution is 5.15. The maximum Gasteiger partial charge on any atom is 0.113 e. The van der Waals surface area contributed by atoms with E-state index in [9.17, 15) is 0 Å². The van der Waals surface area contributed by atoms with E-state index in [4.69, 9.17) is 4.74 Å². The van der Waals surface area contributed by atoms with Crippen molar-refractivity contribution in [3.8, 4) is 0 Å². The number of hydrogen-bond acceptors (Lipinski definition) is 1. The van der Waals surface area contributed by atoms with Gasteiger partial charge in [0.05, 0.1) is 5.76 Å². The minimum absolute atomic E-state index is 0.626. The summed E-state index contributed by atoms with van der Waals surface area (Å²) >= 11 is 0. The number of ether oxygens (including phenoxy) is 1. The smallest absolute Gasteiger partial charge is 0.113 e. The number of hydrogen-bond donors (Lipinski definition) is 0. The summed E-state index contributed by atoms with van der Waals surface area (Å²) in [6.45, 7) is 4.58. The van der Waals surface area contributed by atoms with Crippen LogP contribution >= 0.6 is 0 Å². The molecule has 0 aliphatic carbocycles. The molecule has 0 fully saturated rings. The average molecular weight is 214 g/mol. The molecular weight excluding hydrogens is 196 g/mol. The first-order chi connectivity index (χ1) is 7.83. The molecule has 1 rings (SSSR count). The van der Waals surface area contributed by atoms with Gasteiger partial charge in [-0.25, -0.2) is 0 Å². The summed E-state index contributed by atoms with van der Waals surface area (Å²) in [7, 11) is 0. The van der Waals surface area contributed by atoms with Crippen LogP contribution in [0.5, 0.6) is 0 Å². The predicted octanol–water partition coefficient (Wildman–Crippen LogP) is 4.24. The second-order valence-corrected chi connectivity index (χ2v) is 3.46. The Hall–Kier alpha value is -1.76. The maximum absolute atomic E-state index is 5.59. The molecule has 0 N–H and O–H groups in total. The first kappa shape index (κ1) is 12.3. The first-order valence-corrected chi connectivity index (χ1v) is 5.46. The van der Waals surface area contributed by atoms with E-state index in [1.165, 1.54) is 5.56 Å². The molecule has 1 aromatic rings. The molecule has 0 saturated carbocycles. The van der Waals surface area contributed by atoms with E-state index in [0.29, 0.717) is 6.61 Å². The van der Waals surface area contributed by atoms with Crippen molar-refractivity contribution >= 4 is 0 Å². The van der Waals surface area contributed by atoms with Crippen LogP contribution in [0.4, 0.5) is 0 Å². The molecule has 0 amide bonds. The lowest BCUT2D eigenvalue weighted by atomic mass is 10.2. The van der Waals surface area contributed by atoms with Gasteiger partial charge in [-0.2, -0.15) is 0 Å². The quantitative estimate of drug-likeness (QED) is 0.526. The van der Waals surface area contributed by atoms with Crippen LogP contribution in [0.2, 0.25) is 0 Å². The van der Waals surface area contributed by atoms with Crippen molar-refractivity contribution in [2.45, 2.75) is 20.5 Å². The topological polar surface area (TPSA) is 9.23 Å². The molecule has 1 nitrogen and oxygen atoms in total. The van der Waals surface area contributed by atoms with Gasteiger partial charge in [0.2, 0.25) is 0 Å². The highest BCUT2D eigenvalue weighted by Crippen LogP contribution is 2.05. The molecule has 0 radical (unpaired) electrons. The lowest BCUT2D eigenvalue weighted by molar-refractivity contribution is 0.201. The molecule has 0 heterocycles. The van der Waals surface area contributed by atoms with E-state index >= 15 is 0 Å². The summed E-state index contributed by atoms with van der Waals surface area (Å²) in [6.07, 6.45) is 9.89. The zero-order chi connectivity index (χ0) is 11.6. The summed E-state index contributed by atoms with van der Waals surface area (Å²) in [5.41, 5.74) is 1.19. The Morgan fingerprint density at radius 1 is 1.12 bits per heavy atom. The van der Waals surface area contributed by atoms with E-state index in [0.717, 1.165) is 5.76 Å². The average Bonchev–Trinajstić information content (AvgIpc) is 2.33. The van der Waals surface area contributed by atoms with Crippen molar-refractivity contribution in [2.75, 3.05) is 0 Å². The van der Waals surface area contributed by atoms with Crippen molar-refractivity contribution in [3.05, 3.63) is 72.0 Å². The van der Waals surface area contributed by atoms with Gasteiger partial charge in [0.1, 0.15) is 6.61 Å². The third kappa shape index (κ3) is 5.20. The van der Waals surface area contributed by atoms with Gasteiger partial charge in [-0.15, -0.1) is 0 Å². The monoisotopic (exact) mass is 214 g/mol. The fourth-order valence-electron chi connectivity index (χ4n) is 1.19. The van der Waals surface area contributed by atoms with Gasteiger partial charge in [-0.1, -0.05) is 54.6 Å². The van der Waals surface area contributed by atoms with Crippen molar-refractivity contribution < 1.29 is 4.74 Å². The fraction of sp³-hybridized carbons (Fsp3) is 0.200. The van der Waals surface area contributed by atoms with Crippen LogP contribution in [0, 0.1) is 0 Å². The van der Waals surface area contributed by atoms with E-state index < -0.39 is 0 Å². The van der Waals surface area contributed by atoms with Gasteiger partial charge < -0.3 is 4.74 Å². The third-order valence-corrected chi connectivity index (χ3v) is 2.05. The molecule has 0 spiro atoms. The Kier molecular flexibility index (Phi) is 5.79. The zero-order valence-electron chi connectivity index (χ0n) is 9.89. The molecule has 0 bridgehead atoms. The van der Waals surface area contributed by atoms with Gasteiger partial charge in [-0.3, -0.25) is 0 Å². The Bertz CT molecular complexity index is 372. The minimum atomic E-state index is 0.626. The summed E-state index contributed by atoms with van der Waals surface area (Å²) in [4.78, 5) is 0. The second kappa shape index (κ2) is 7.52. The van der Waals surface area contributed by atoms with Crippen molar-refractivity contribution in [2.24, 2.45) is 0 Å². The van der Waals surface area contributed by atoms with Crippen LogP contribution < -0.4 is 0 Å². The number of benzene rings is 1. The standard InChI is InChI=1S/C15H18O/c1-3-4-5-7-10-14(2)16-13-15-11-8-6-9-12-15/h3-12H,13H2,1-2H3/b4-3-,7-5-,14-10+. The molecule has 1 aromatic carbocycles. The predicted molar refractivity (Wildman–Crippen MR) is 68.9 cm³/mol.